The largest absolute Gasteiger partial charge is 0.122 e. The molecule has 0 saturated heterocycles. The van der Waals surface area contributed by atoms with Crippen molar-refractivity contribution < 1.29 is 0 Å². The van der Waals surface area contributed by atoms with Gasteiger partial charge in [0.05, 0.1) is 0 Å². The second kappa shape index (κ2) is 2.86. The molecule has 0 aliphatic heterocycles. The average Bonchev–Trinajstić information content (AvgIpc) is 1.36. The van der Waals surface area contributed by atoms with Gasteiger partial charge in [0.15, 0.2) is 0 Å². The summed E-state index contributed by atoms with van der Waals surface area (Å²) in [6.45, 7) is 3.98. The van der Waals surface area contributed by atoms with E-state index in [1.807, 2.05) is 13.8 Å². The van der Waals surface area contributed by atoms with Crippen LogP contribution in [0.15, 0.2) is 0 Å². The van der Waals surface area contributed by atoms with Crippen molar-refractivity contribution in [1.29, 1.82) is 0 Å². The maximum absolute atomic E-state index is 5.57. The fourth-order valence-corrected chi connectivity index (χ4v) is 0. The number of halogens is 2. The normalized spacial score (nSPS) is 20.0. The van der Waals surface area contributed by atoms with E-state index in [2.05, 4.69) is 15.9 Å². The molecule has 0 aromatic rings. The Morgan fingerprint density at radius 2 is 1.67 bits per heavy atom. The molecule has 38 valence electrons. The van der Waals surface area contributed by atoms with Crippen LogP contribution < -0.4 is 0 Å². The van der Waals surface area contributed by atoms with Gasteiger partial charge in [-0.25, -0.2) is 0 Å². The van der Waals surface area contributed by atoms with Crippen LogP contribution in [0.3, 0.4) is 0 Å². The fourth-order valence-electron chi connectivity index (χ4n) is 0. The minimum absolute atomic E-state index is 0.241. The van der Waals surface area contributed by atoms with E-state index in [9.17, 15) is 0 Å². The van der Waals surface area contributed by atoms with Crippen LogP contribution in [0.2, 0.25) is 0 Å². The van der Waals surface area contributed by atoms with Gasteiger partial charge in [-0.05, 0) is 6.92 Å². The molecule has 0 aromatic carbocycles. The number of alkyl halides is 2. The molecular formula is C4H8BrCl. The van der Waals surface area contributed by atoms with Crippen molar-refractivity contribution in [2.45, 2.75) is 24.1 Å². The first-order chi connectivity index (χ1) is 2.64. The molecule has 0 bridgehead atoms. The van der Waals surface area contributed by atoms with Crippen molar-refractivity contribution in [1.82, 2.24) is 0 Å². The molecule has 0 saturated carbocycles. The number of hydrogen-bond acceptors (Lipinski definition) is 0. The second-order valence-electron chi connectivity index (χ2n) is 1.36. The molecule has 2 atom stereocenters. The summed E-state index contributed by atoms with van der Waals surface area (Å²) in [6.07, 6.45) is 0. The molecular weight excluding hydrogens is 163 g/mol. The van der Waals surface area contributed by atoms with Gasteiger partial charge < -0.3 is 0 Å². The van der Waals surface area contributed by atoms with Crippen LogP contribution >= 0.6 is 27.5 Å². The molecule has 0 unspecified atom stereocenters. The molecule has 0 heterocycles. The maximum Gasteiger partial charge on any atom is 0.0430 e. The van der Waals surface area contributed by atoms with Gasteiger partial charge in [-0.15, -0.1) is 11.6 Å². The Hall–Kier alpha value is 0.770. The molecule has 0 nitrogen and oxygen atoms in total. The van der Waals surface area contributed by atoms with E-state index in [1.165, 1.54) is 0 Å². The summed E-state index contributed by atoms with van der Waals surface area (Å²) < 4.78 is 0. The molecule has 0 radical (unpaired) electrons. The number of hydrogen-bond donors (Lipinski definition) is 0. The lowest BCUT2D eigenvalue weighted by atomic mass is 10.4. The first-order valence-electron chi connectivity index (χ1n) is 1.92. The average molecular weight is 171 g/mol. The third-order valence-corrected chi connectivity index (χ3v) is 2.11. The fraction of sp³-hybridized carbons (Fsp3) is 1.00. The summed E-state index contributed by atoms with van der Waals surface area (Å²) in [7, 11) is 0. The first-order valence-corrected chi connectivity index (χ1v) is 3.28. The van der Waals surface area contributed by atoms with Crippen molar-refractivity contribution in [3.63, 3.8) is 0 Å². The van der Waals surface area contributed by atoms with Crippen LogP contribution in [0, 0.1) is 0 Å². The van der Waals surface area contributed by atoms with E-state index >= 15 is 0 Å². The third-order valence-electron chi connectivity index (χ3n) is 0.633. The Morgan fingerprint density at radius 1 is 1.50 bits per heavy atom. The molecule has 0 spiro atoms. The lowest BCUT2D eigenvalue weighted by Gasteiger charge is -2.00. The van der Waals surface area contributed by atoms with Gasteiger partial charge in [-0.3, -0.25) is 0 Å². The van der Waals surface area contributed by atoms with Gasteiger partial charge >= 0.3 is 0 Å². The Kier molecular flexibility index (Phi) is 3.23. The summed E-state index contributed by atoms with van der Waals surface area (Å²) in [6, 6.07) is 0. The van der Waals surface area contributed by atoms with Crippen molar-refractivity contribution >= 4 is 27.5 Å². The topological polar surface area (TPSA) is 0 Å². The van der Waals surface area contributed by atoms with Crippen LogP contribution in [-0.2, 0) is 0 Å². The van der Waals surface area contributed by atoms with Crippen molar-refractivity contribution in [3.8, 4) is 0 Å². The molecule has 0 fully saturated rings. The Bertz CT molecular complexity index is 28.5. The summed E-state index contributed by atoms with van der Waals surface area (Å²) in [5.41, 5.74) is 0. The standard InChI is InChI=1S/C4H8BrCl/c1-3(5)4(2)6/h3-4H,1-2H3/t3-,4+/m1/s1. The monoisotopic (exact) mass is 170 g/mol. The minimum atomic E-state index is 0.241. The molecule has 0 N–H and O–H groups in total. The smallest absolute Gasteiger partial charge is 0.0430 e. The molecule has 0 aliphatic carbocycles. The van der Waals surface area contributed by atoms with Gasteiger partial charge in [0.25, 0.3) is 0 Å². The summed E-state index contributed by atoms with van der Waals surface area (Å²) in [5, 5.41) is 0.241. The highest BCUT2D eigenvalue weighted by Crippen LogP contribution is 2.08. The van der Waals surface area contributed by atoms with E-state index in [1.54, 1.807) is 0 Å². The zero-order valence-electron chi connectivity index (χ0n) is 3.91. The highest BCUT2D eigenvalue weighted by Gasteiger charge is 2.00. The Labute approximate surface area is 52.0 Å². The third kappa shape index (κ3) is 2.98. The summed E-state index contributed by atoms with van der Waals surface area (Å²) >= 11 is 8.87. The highest BCUT2D eigenvalue weighted by molar-refractivity contribution is 9.09. The molecule has 0 aliphatic rings. The van der Waals surface area contributed by atoms with Crippen LogP contribution in [-0.4, -0.2) is 10.2 Å². The Morgan fingerprint density at radius 3 is 1.67 bits per heavy atom. The van der Waals surface area contributed by atoms with Crippen molar-refractivity contribution in [2.24, 2.45) is 0 Å². The molecule has 0 amide bonds. The summed E-state index contributed by atoms with van der Waals surface area (Å²) in [5.74, 6) is 0. The van der Waals surface area contributed by atoms with Crippen LogP contribution in [0.5, 0.6) is 0 Å². The van der Waals surface area contributed by atoms with Gasteiger partial charge in [-0.1, -0.05) is 22.9 Å². The van der Waals surface area contributed by atoms with Gasteiger partial charge in [0.2, 0.25) is 0 Å². The maximum atomic E-state index is 5.57. The van der Waals surface area contributed by atoms with Crippen molar-refractivity contribution in [2.75, 3.05) is 0 Å². The highest BCUT2D eigenvalue weighted by atomic mass is 79.9. The van der Waals surface area contributed by atoms with E-state index in [-0.39, 0.29) is 5.38 Å². The van der Waals surface area contributed by atoms with E-state index in [4.69, 9.17) is 11.6 Å². The zero-order valence-corrected chi connectivity index (χ0v) is 6.25. The van der Waals surface area contributed by atoms with Crippen LogP contribution in [0.4, 0.5) is 0 Å². The quantitative estimate of drug-likeness (QED) is 0.532. The Balaban J connectivity index is 2.99. The SMILES string of the molecule is C[C@H](Cl)[C@@H](C)Br. The summed E-state index contributed by atoms with van der Waals surface area (Å²) in [4.78, 5) is 0.430. The lowest BCUT2D eigenvalue weighted by Crippen LogP contribution is -2.02. The molecule has 6 heavy (non-hydrogen) atoms. The molecule has 0 rings (SSSR count). The van der Waals surface area contributed by atoms with Crippen molar-refractivity contribution in [3.05, 3.63) is 0 Å². The molecule has 0 aromatic heterocycles. The van der Waals surface area contributed by atoms with Crippen LogP contribution in [0.25, 0.3) is 0 Å². The second-order valence-corrected chi connectivity index (χ2v) is 3.49. The van der Waals surface area contributed by atoms with E-state index < -0.39 is 0 Å². The van der Waals surface area contributed by atoms with Gasteiger partial charge in [0, 0.05) is 10.2 Å². The lowest BCUT2D eigenvalue weighted by molar-refractivity contribution is 0.931. The van der Waals surface area contributed by atoms with Crippen LogP contribution in [0.1, 0.15) is 13.8 Å². The number of rotatable bonds is 1. The zero-order chi connectivity index (χ0) is 5.15. The molecule has 2 heteroatoms. The van der Waals surface area contributed by atoms with E-state index in [0.717, 1.165) is 0 Å². The van der Waals surface area contributed by atoms with Gasteiger partial charge in [-0.2, -0.15) is 0 Å². The van der Waals surface area contributed by atoms with E-state index in [0.29, 0.717) is 4.83 Å². The predicted octanol–water partition coefficient (Wildman–Crippen LogP) is 2.40. The predicted molar refractivity (Wildman–Crippen MR) is 33.7 cm³/mol. The first kappa shape index (κ1) is 6.77. The minimum Gasteiger partial charge on any atom is -0.122 e. The van der Waals surface area contributed by atoms with Gasteiger partial charge in [0.1, 0.15) is 0 Å².